The highest BCUT2D eigenvalue weighted by molar-refractivity contribution is 7.89. The molecule has 2 aliphatic heterocycles. The smallest absolute Gasteiger partial charge is 0.410 e. The van der Waals surface area contributed by atoms with Crippen molar-refractivity contribution in [2.24, 2.45) is 5.14 Å². The fourth-order valence-electron chi connectivity index (χ4n) is 4.90. The molecule has 214 valence electrons. The highest BCUT2D eigenvalue weighted by atomic mass is 32.2. The average Bonchev–Trinajstić information content (AvgIpc) is 3.26. The summed E-state index contributed by atoms with van der Waals surface area (Å²) >= 11 is 0. The van der Waals surface area contributed by atoms with Crippen LogP contribution in [0.3, 0.4) is 0 Å². The first kappa shape index (κ1) is 29.3. The zero-order chi connectivity index (χ0) is 27.9. The van der Waals surface area contributed by atoms with Crippen molar-refractivity contribution in [1.29, 1.82) is 0 Å². The number of unbranched alkanes of at least 4 members (excludes halogenated alkanes) is 4. The minimum atomic E-state index is -3.66. The standard InChI is InChI=1S/C29H40N2O7S/c1-29(2)36-21-25-24(14-10-15-26(25)38-29)27-20-31(28(32)37-27)16-6-3-4-7-17-35-18-8-5-11-22-12-9-13-23(19-22)39(30,33)34/h9-10,12-15,19,27H,3-8,11,16-18,20-21H2,1-2H3,(H2,30,33,34)/t27-/m0/s1. The lowest BCUT2D eigenvalue weighted by atomic mass is 10.0. The molecule has 1 fully saturated rings. The Kier molecular flexibility index (Phi) is 9.87. The van der Waals surface area contributed by atoms with E-state index in [2.05, 4.69) is 0 Å². The fourth-order valence-corrected chi connectivity index (χ4v) is 5.48. The van der Waals surface area contributed by atoms with Gasteiger partial charge in [0.2, 0.25) is 15.8 Å². The molecule has 0 bridgehead atoms. The van der Waals surface area contributed by atoms with Gasteiger partial charge in [-0.1, -0.05) is 37.1 Å². The van der Waals surface area contributed by atoms with E-state index in [0.717, 1.165) is 74.0 Å². The van der Waals surface area contributed by atoms with Gasteiger partial charge in [0, 0.05) is 44.7 Å². The molecule has 0 aliphatic carbocycles. The van der Waals surface area contributed by atoms with Crippen molar-refractivity contribution in [3.8, 4) is 5.75 Å². The molecule has 9 nitrogen and oxygen atoms in total. The molecule has 2 heterocycles. The molecule has 2 aromatic rings. The Labute approximate surface area is 231 Å². The zero-order valence-corrected chi connectivity index (χ0v) is 23.7. The summed E-state index contributed by atoms with van der Waals surface area (Å²) in [5.41, 5.74) is 2.87. The number of hydrogen-bond donors (Lipinski definition) is 1. The molecule has 0 saturated carbocycles. The van der Waals surface area contributed by atoms with E-state index in [4.69, 9.17) is 24.1 Å². The van der Waals surface area contributed by atoms with Crippen LogP contribution in [0.5, 0.6) is 5.75 Å². The van der Waals surface area contributed by atoms with Gasteiger partial charge in [0.25, 0.3) is 0 Å². The topological polar surface area (TPSA) is 117 Å². The predicted octanol–water partition coefficient (Wildman–Crippen LogP) is 5.07. The fraction of sp³-hybridized carbons (Fsp3) is 0.552. The molecule has 2 N–H and O–H groups in total. The molecular formula is C29H40N2O7S. The molecule has 1 atom stereocenters. The van der Waals surface area contributed by atoms with Gasteiger partial charge < -0.3 is 23.8 Å². The summed E-state index contributed by atoms with van der Waals surface area (Å²) in [5, 5.41) is 5.19. The highest BCUT2D eigenvalue weighted by Gasteiger charge is 2.36. The van der Waals surface area contributed by atoms with Crippen LogP contribution >= 0.6 is 0 Å². The molecule has 10 heteroatoms. The van der Waals surface area contributed by atoms with Crippen LogP contribution in [0.15, 0.2) is 47.4 Å². The van der Waals surface area contributed by atoms with Gasteiger partial charge in [0.05, 0.1) is 18.0 Å². The lowest BCUT2D eigenvalue weighted by Crippen LogP contribution is -2.35. The SMILES string of the molecule is CC1(C)OCc2c(cccc2[C@@H]2CN(CCCCCCOCCCCc3cccc(S(N)(=O)=O)c3)C(=O)O2)O1. The zero-order valence-electron chi connectivity index (χ0n) is 22.9. The van der Waals surface area contributed by atoms with Crippen molar-refractivity contribution < 1.29 is 32.2 Å². The van der Waals surface area contributed by atoms with Gasteiger partial charge in [0.1, 0.15) is 11.9 Å². The molecule has 2 aromatic carbocycles. The number of amides is 1. The minimum absolute atomic E-state index is 0.154. The summed E-state index contributed by atoms with van der Waals surface area (Å²) in [4.78, 5) is 14.4. The predicted molar refractivity (Wildman–Crippen MR) is 147 cm³/mol. The van der Waals surface area contributed by atoms with Gasteiger partial charge in [-0.05, 0) is 55.9 Å². The number of primary sulfonamides is 1. The van der Waals surface area contributed by atoms with E-state index in [1.165, 1.54) is 6.07 Å². The van der Waals surface area contributed by atoms with Gasteiger partial charge in [-0.3, -0.25) is 0 Å². The van der Waals surface area contributed by atoms with E-state index in [1.807, 2.05) is 38.1 Å². The number of hydrogen-bond acceptors (Lipinski definition) is 7. The van der Waals surface area contributed by atoms with Crippen molar-refractivity contribution in [3.63, 3.8) is 0 Å². The van der Waals surface area contributed by atoms with Gasteiger partial charge in [0.15, 0.2) is 0 Å². The van der Waals surface area contributed by atoms with Gasteiger partial charge in [-0.2, -0.15) is 0 Å². The maximum Gasteiger partial charge on any atom is 0.410 e. The van der Waals surface area contributed by atoms with Crippen LogP contribution in [0.2, 0.25) is 0 Å². The van der Waals surface area contributed by atoms with E-state index in [0.29, 0.717) is 26.3 Å². The molecule has 0 spiro atoms. The van der Waals surface area contributed by atoms with Crippen LogP contribution < -0.4 is 9.88 Å². The number of fused-ring (bicyclic) bond motifs is 1. The largest absolute Gasteiger partial charge is 0.463 e. The van der Waals surface area contributed by atoms with Crippen molar-refractivity contribution in [2.45, 2.75) is 82.2 Å². The van der Waals surface area contributed by atoms with Crippen molar-refractivity contribution in [1.82, 2.24) is 4.90 Å². The summed E-state index contributed by atoms with van der Waals surface area (Å²) in [6.45, 7) is 6.82. The third-order valence-electron chi connectivity index (χ3n) is 7.02. The number of cyclic esters (lactones) is 1. The quantitative estimate of drug-likeness (QED) is 0.321. The summed E-state index contributed by atoms with van der Waals surface area (Å²) in [6.07, 6.45) is 6.02. The van der Waals surface area contributed by atoms with Crippen LogP contribution in [0.4, 0.5) is 4.79 Å². The second-order valence-corrected chi connectivity index (χ2v) is 12.2. The van der Waals surface area contributed by atoms with Crippen LogP contribution in [-0.2, 0) is 37.3 Å². The number of carbonyl (C=O) groups excluding carboxylic acids is 1. The second kappa shape index (κ2) is 13.1. The first-order valence-corrected chi connectivity index (χ1v) is 15.3. The normalized spacial score (nSPS) is 18.5. The van der Waals surface area contributed by atoms with Crippen molar-refractivity contribution in [2.75, 3.05) is 26.3 Å². The van der Waals surface area contributed by atoms with E-state index in [9.17, 15) is 13.2 Å². The molecule has 4 rings (SSSR count). The third-order valence-corrected chi connectivity index (χ3v) is 7.93. The Balaban J connectivity index is 1.06. The Morgan fingerprint density at radius 3 is 2.56 bits per heavy atom. The van der Waals surface area contributed by atoms with Gasteiger partial charge in [-0.25, -0.2) is 18.4 Å². The first-order valence-electron chi connectivity index (χ1n) is 13.7. The first-order chi connectivity index (χ1) is 18.6. The highest BCUT2D eigenvalue weighted by Crippen LogP contribution is 2.38. The van der Waals surface area contributed by atoms with Crippen LogP contribution in [-0.4, -0.2) is 51.5 Å². The van der Waals surface area contributed by atoms with Crippen LogP contribution in [0, 0.1) is 0 Å². The molecule has 1 saturated heterocycles. The van der Waals surface area contributed by atoms with Crippen LogP contribution in [0.25, 0.3) is 0 Å². The van der Waals surface area contributed by atoms with Crippen molar-refractivity contribution >= 4 is 16.1 Å². The molecular weight excluding hydrogens is 520 g/mol. The Morgan fingerprint density at radius 1 is 1.03 bits per heavy atom. The number of nitrogens with zero attached hydrogens (tertiary/aromatic N) is 1. The van der Waals surface area contributed by atoms with Crippen LogP contribution in [0.1, 0.15) is 75.2 Å². The second-order valence-electron chi connectivity index (χ2n) is 10.6. The van der Waals surface area contributed by atoms with Crippen molar-refractivity contribution in [3.05, 3.63) is 59.2 Å². The minimum Gasteiger partial charge on any atom is -0.463 e. The molecule has 2 aliphatic rings. The molecule has 39 heavy (non-hydrogen) atoms. The number of rotatable bonds is 14. The average molecular weight is 561 g/mol. The molecule has 0 radical (unpaired) electrons. The van der Waals surface area contributed by atoms with Gasteiger partial charge >= 0.3 is 6.09 Å². The molecule has 0 aromatic heterocycles. The number of nitrogens with two attached hydrogens (primary N) is 1. The van der Waals surface area contributed by atoms with Gasteiger partial charge in [-0.15, -0.1) is 0 Å². The number of sulfonamides is 1. The Hall–Kier alpha value is -2.66. The monoisotopic (exact) mass is 560 g/mol. The van der Waals surface area contributed by atoms with E-state index < -0.39 is 15.8 Å². The summed E-state index contributed by atoms with van der Waals surface area (Å²) < 4.78 is 46.1. The maximum atomic E-state index is 12.5. The Bertz CT molecular complexity index is 1230. The third kappa shape index (κ3) is 8.41. The Morgan fingerprint density at radius 2 is 1.77 bits per heavy atom. The number of benzene rings is 2. The summed E-state index contributed by atoms with van der Waals surface area (Å²) in [5.74, 6) is 0.123. The van der Waals surface area contributed by atoms with E-state index in [1.54, 1.807) is 17.0 Å². The maximum absolute atomic E-state index is 12.5. The molecule has 0 unspecified atom stereocenters. The lowest BCUT2D eigenvalue weighted by molar-refractivity contribution is -0.180. The van der Waals surface area contributed by atoms with E-state index >= 15 is 0 Å². The molecule has 1 amide bonds. The lowest BCUT2D eigenvalue weighted by Gasteiger charge is -2.34. The number of carbonyl (C=O) groups is 1. The van der Waals surface area contributed by atoms with E-state index in [-0.39, 0.29) is 17.1 Å². The summed E-state index contributed by atoms with van der Waals surface area (Å²) in [7, 11) is -3.66. The summed E-state index contributed by atoms with van der Waals surface area (Å²) in [6, 6.07) is 12.6. The number of aryl methyl sites for hydroxylation is 1. The number of ether oxygens (including phenoxy) is 4.